The lowest BCUT2D eigenvalue weighted by molar-refractivity contribution is 0.0763. The van der Waals surface area contributed by atoms with Gasteiger partial charge in [-0.1, -0.05) is 36.4 Å². The molecular weight excluding hydrogens is 382 g/mol. The van der Waals surface area contributed by atoms with E-state index < -0.39 is 6.03 Å². The number of hydrogen-bond acceptors (Lipinski definition) is 4. The zero-order chi connectivity index (χ0) is 21.3. The van der Waals surface area contributed by atoms with Crippen molar-refractivity contribution < 1.29 is 14.0 Å². The molecule has 1 aliphatic heterocycles. The van der Waals surface area contributed by atoms with Crippen molar-refractivity contribution >= 4 is 22.9 Å². The summed E-state index contributed by atoms with van der Waals surface area (Å²) in [6.07, 6.45) is 0.637. The number of nitrogens with zero attached hydrogens (tertiary/aromatic N) is 2. The molecule has 0 saturated carbocycles. The minimum Gasteiger partial charge on any atom is -0.455 e. The van der Waals surface area contributed by atoms with E-state index in [1.807, 2.05) is 30.3 Å². The van der Waals surface area contributed by atoms with Crippen LogP contribution in [-0.4, -0.2) is 47.9 Å². The SMILES string of the molecule is Cc1c(-c2ccccc2)oc2c(C(=O)N3CCCN(C(N)=O)CC3)cccc2c1=O. The maximum Gasteiger partial charge on any atom is 0.314 e. The maximum atomic E-state index is 13.3. The van der Waals surface area contributed by atoms with Gasteiger partial charge in [-0.25, -0.2) is 4.79 Å². The first-order valence-electron chi connectivity index (χ1n) is 9.93. The molecule has 0 unspecified atom stereocenters. The fourth-order valence-corrected chi connectivity index (χ4v) is 3.85. The Balaban J connectivity index is 1.78. The van der Waals surface area contributed by atoms with Gasteiger partial charge in [0.2, 0.25) is 0 Å². The van der Waals surface area contributed by atoms with E-state index in [9.17, 15) is 14.4 Å². The van der Waals surface area contributed by atoms with Crippen molar-refractivity contribution in [1.29, 1.82) is 0 Å². The summed E-state index contributed by atoms with van der Waals surface area (Å²) in [5, 5.41) is 0.381. The number of rotatable bonds is 2. The van der Waals surface area contributed by atoms with E-state index in [-0.39, 0.29) is 16.9 Å². The number of amides is 3. The molecule has 0 radical (unpaired) electrons. The summed E-state index contributed by atoms with van der Waals surface area (Å²) < 4.78 is 6.16. The summed E-state index contributed by atoms with van der Waals surface area (Å²) in [4.78, 5) is 41.0. The predicted octanol–water partition coefficient (Wildman–Crippen LogP) is 3.00. The molecule has 0 spiro atoms. The van der Waals surface area contributed by atoms with Crippen LogP contribution >= 0.6 is 0 Å². The molecule has 154 valence electrons. The monoisotopic (exact) mass is 405 g/mol. The highest BCUT2D eigenvalue weighted by molar-refractivity contribution is 6.05. The van der Waals surface area contributed by atoms with Gasteiger partial charge in [0.05, 0.1) is 10.9 Å². The maximum absolute atomic E-state index is 13.3. The molecule has 0 aliphatic carbocycles. The molecule has 7 heteroatoms. The predicted molar refractivity (Wildman–Crippen MR) is 114 cm³/mol. The van der Waals surface area contributed by atoms with Gasteiger partial charge in [0.1, 0.15) is 5.76 Å². The summed E-state index contributed by atoms with van der Waals surface area (Å²) in [6.45, 7) is 3.50. The van der Waals surface area contributed by atoms with Gasteiger partial charge in [0.25, 0.3) is 5.91 Å². The number of carbonyl (C=O) groups excluding carboxylic acids is 2. The highest BCUT2D eigenvalue weighted by atomic mass is 16.3. The number of para-hydroxylation sites is 1. The summed E-state index contributed by atoms with van der Waals surface area (Å²) in [5.74, 6) is 0.238. The smallest absolute Gasteiger partial charge is 0.314 e. The Morgan fingerprint density at radius 3 is 2.37 bits per heavy atom. The summed E-state index contributed by atoms with van der Waals surface area (Å²) >= 11 is 0. The average molecular weight is 405 g/mol. The molecule has 3 aromatic rings. The molecule has 2 heterocycles. The molecule has 2 N–H and O–H groups in total. The van der Waals surface area contributed by atoms with Crippen LogP contribution in [0.3, 0.4) is 0 Å². The van der Waals surface area contributed by atoms with Gasteiger partial charge in [-0.15, -0.1) is 0 Å². The molecular formula is C23H23N3O4. The van der Waals surface area contributed by atoms with Crippen LogP contribution in [0.4, 0.5) is 4.79 Å². The van der Waals surface area contributed by atoms with Crippen LogP contribution in [0.2, 0.25) is 0 Å². The molecule has 1 saturated heterocycles. The first-order valence-corrected chi connectivity index (χ1v) is 9.93. The lowest BCUT2D eigenvalue weighted by atomic mass is 10.0. The van der Waals surface area contributed by atoms with Crippen LogP contribution in [0.1, 0.15) is 22.3 Å². The zero-order valence-electron chi connectivity index (χ0n) is 16.8. The Morgan fingerprint density at radius 2 is 1.63 bits per heavy atom. The molecule has 7 nitrogen and oxygen atoms in total. The quantitative estimate of drug-likeness (QED) is 0.709. The molecule has 1 aliphatic rings. The summed E-state index contributed by atoms with van der Waals surface area (Å²) in [6, 6.07) is 13.9. The van der Waals surface area contributed by atoms with Crippen molar-refractivity contribution in [2.75, 3.05) is 26.2 Å². The Morgan fingerprint density at radius 1 is 0.933 bits per heavy atom. The van der Waals surface area contributed by atoms with Gasteiger partial charge in [-0.3, -0.25) is 9.59 Å². The number of fused-ring (bicyclic) bond motifs is 1. The van der Waals surface area contributed by atoms with Gasteiger partial charge >= 0.3 is 6.03 Å². The first-order chi connectivity index (χ1) is 14.5. The summed E-state index contributed by atoms with van der Waals surface area (Å²) in [7, 11) is 0. The van der Waals surface area contributed by atoms with Crippen molar-refractivity contribution in [3.63, 3.8) is 0 Å². The van der Waals surface area contributed by atoms with Crippen molar-refractivity contribution in [2.24, 2.45) is 5.73 Å². The van der Waals surface area contributed by atoms with E-state index >= 15 is 0 Å². The highest BCUT2D eigenvalue weighted by Crippen LogP contribution is 2.28. The first kappa shape index (κ1) is 19.7. The normalized spacial score (nSPS) is 14.6. The number of nitrogens with two attached hydrogens (primary N) is 1. The van der Waals surface area contributed by atoms with Gasteiger partial charge in [-0.05, 0) is 25.5 Å². The van der Waals surface area contributed by atoms with Crippen LogP contribution in [0, 0.1) is 6.92 Å². The number of urea groups is 1. The van der Waals surface area contributed by atoms with Gasteiger partial charge in [0.15, 0.2) is 11.0 Å². The second-order valence-electron chi connectivity index (χ2n) is 7.40. The summed E-state index contributed by atoms with van der Waals surface area (Å²) in [5.41, 5.74) is 7.14. The van der Waals surface area contributed by atoms with E-state index in [1.54, 1.807) is 30.0 Å². The van der Waals surface area contributed by atoms with Crippen LogP contribution in [0.25, 0.3) is 22.3 Å². The third kappa shape index (κ3) is 3.54. The number of benzene rings is 2. The largest absolute Gasteiger partial charge is 0.455 e. The highest BCUT2D eigenvalue weighted by Gasteiger charge is 2.25. The standard InChI is InChI=1S/C23H23N3O4/c1-15-19(27)17-9-5-10-18(21(17)30-20(15)16-7-3-2-4-8-16)22(28)25-11-6-12-26(14-13-25)23(24)29/h2-5,7-10H,6,11-14H2,1H3,(H2,24,29). The van der Waals surface area contributed by atoms with Crippen LogP contribution < -0.4 is 11.2 Å². The Bertz CT molecular complexity index is 1170. The van der Waals surface area contributed by atoms with Crippen LogP contribution in [0.5, 0.6) is 0 Å². The molecule has 0 atom stereocenters. The van der Waals surface area contributed by atoms with Gasteiger partial charge in [-0.2, -0.15) is 0 Å². The van der Waals surface area contributed by atoms with Gasteiger partial charge in [0, 0.05) is 37.3 Å². The Hall–Kier alpha value is -3.61. The van der Waals surface area contributed by atoms with Crippen molar-refractivity contribution in [2.45, 2.75) is 13.3 Å². The lowest BCUT2D eigenvalue weighted by Crippen LogP contribution is -2.39. The topological polar surface area (TPSA) is 96.8 Å². The number of hydrogen-bond donors (Lipinski definition) is 1. The van der Waals surface area contributed by atoms with E-state index in [4.69, 9.17) is 10.2 Å². The van der Waals surface area contributed by atoms with Crippen molar-refractivity contribution in [3.8, 4) is 11.3 Å². The Labute approximate surface area is 173 Å². The van der Waals surface area contributed by atoms with Crippen molar-refractivity contribution in [1.82, 2.24) is 9.80 Å². The molecule has 30 heavy (non-hydrogen) atoms. The van der Waals surface area contributed by atoms with E-state index in [0.717, 1.165) is 5.56 Å². The second-order valence-corrected chi connectivity index (χ2v) is 7.40. The minimum atomic E-state index is -0.483. The third-order valence-corrected chi connectivity index (χ3v) is 5.51. The van der Waals surface area contributed by atoms with E-state index in [2.05, 4.69) is 0 Å². The molecule has 4 rings (SSSR count). The van der Waals surface area contributed by atoms with E-state index in [0.29, 0.717) is 54.9 Å². The van der Waals surface area contributed by atoms with Crippen LogP contribution in [-0.2, 0) is 0 Å². The lowest BCUT2D eigenvalue weighted by Gasteiger charge is -2.21. The fourth-order valence-electron chi connectivity index (χ4n) is 3.85. The average Bonchev–Trinajstić information content (AvgIpc) is 3.02. The molecule has 0 bridgehead atoms. The third-order valence-electron chi connectivity index (χ3n) is 5.51. The van der Waals surface area contributed by atoms with E-state index in [1.165, 1.54) is 4.90 Å². The fraction of sp³-hybridized carbons (Fsp3) is 0.261. The molecule has 2 aromatic carbocycles. The second kappa shape index (κ2) is 8.02. The number of primary amides is 1. The van der Waals surface area contributed by atoms with Crippen molar-refractivity contribution in [3.05, 3.63) is 69.9 Å². The Kier molecular flexibility index (Phi) is 5.27. The number of carbonyl (C=O) groups is 2. The molecule has 3 amide bonds. The molecule has 1 aromatic heterocycles. The van der Waals surface area contributed by atoms with Crippen LogP contribution in [0.15, 0.2) is 57.7 Å². The zero-order valence-corrected chi connectivity index (χ0v) is 16.8. The molecule has 1 fully saturated rings. The minimum absolute atomic E-state index is 0.152. The van der Waals surface area contributed by atoms with Gasteiger partial charge < -0.3 is 20.0 Å².